The molecule has 96 valence electrons. The number of aryl methyl sites for hydroxylation is 3. The second-order valence-electron chi connectivity index (χ2n) is 4.90. The van der Waals surface area contributed by atoms with Gasteiger partial charge in [0.15, 0.2) is 0 Å². The van der Waals surface area contributed by atoms with Gasteiger partial charge in [-0.25, -0.2) is 0 Å². The highest BCUT2D eigenvalue weighted by molar-refractivity contribution is 5.21. The average Bonchev–Trinajstić information content (AvgIpc) is 2.74. The van der Waals surface area contributed by atoms with E-state index in [2.05, 4.69) is 36.3 Å². The predicted octanol–water partition coefficient (Wildman–Crippen LogP) is 2.26. The molecule has 1 heterocycles. The summed E-state index contributed by atoms with van der Waals surface area (Å²) in [7, 11) is 1.89. The van der Waals surface area contributed by atoms with Gasteiger partial charge in [-0.15, -0.1) is 0 Å². The Labute approximate surface area is 108 Å². The van der Waals surface area contributed by atoms with Gasteiger partial charge in [-0.05, 0) is 30.9 Å². The molecule has 0 aliphatic rings. The number of nitrogens with zero attached hydrogens (tertiary/aromatic N) is 2. The van der Waals surface area contributed by atoms with Gasteiger partial charge in [-0.3, -0.25) is 4.68 Å². The molecule has 0 saturated carbocycles. The van der Waals surface area contributed by atoms with Crippen LogP contribution in [0.25, 0.3) is 0 Å². The van der Waals surface area contributed by atoms with Gasteiger partial charge in [0.2, 0.25) is 0 Å². The molecule has 1 aromatic heterocycles. The van der Waals surface area contributed by atoms with Crippen LogP contribution in [0.4, 0.5) is 0 Å². The van der Waals surface area contributed by atoms with Crippen molar-refractivity contribution in [1.29, 1.82) is 0 Å². The highest BCUT2D eigenvalue weighted by Crippen LogP contribution is 2.10. The Morgan fingerprint density at radius 3 is 2.56 bits per heavy atom. The van der Waals surface area contributed by atoms with Crippen LogP contribution in [0.15, 0.2) is 36.7 Å². The van der Waals surface area contributed by atoms with Crippen molar-refractivity contribution in [3.63, 3.8) is 0 Å². The fourth-order valence-electron chi connectivity index (χ4n) is 2.04. The first kappa shape index (κ1) is 12.8. The molecule has 3 nitrogen and oxygen atoms in total. The molecule has 0 amide bonds. The van der Waals surface area contributed by atoms with Gasteiger partial charge in [0.25, 0.3) is 0 Å². The van der Waals surface area contributed by atoms with E-state index in [9.17, 15) is 5.11 Å². The number of hydrogen-bond acceptors (Lipinski definition) is 2. The Kier molecular flexibility index (Phi) is 4.15. The number of hydrogen-bond donors (Lipinski definition) is 1. The monoisotopic (exact) mass is 244 g/mol. The standard InChI is InChI=1S/C15H20N2O/c1-12-3-5-13(6-4-12)7-8-15(18)9-14-10-16-17(2)11-14/h3-6,10-11,15,18H,7-9H2,1-2H3. The molecule has 0 aliphatic heterocycles. The average molecular weight is 244 g/mol. The molecule has 0 bridgehead atoms. The first-order valence-electron chi connectivity index (χ1n) is 6.34. The van der Waals surface area contributed by atoms with Gasteiger partial charge >= 0.3 is 0 Å². The Bertz CT molecular complexity index is 487. The maximum atomic E-state index is 9.99. The second kappa shape index (κ2) is 5.83. The van der Waals surface area contributed by atoms with Crippen molar-refractivity contribution in [3.05, 3.63) is 53.3 Å². The van der Waals surface area contributed by atoms with Crippen molar-refractivity contribution >= 4 is 0 Å². The molecule has 0 radical (unpaired) electrons. The lowest BCUT2D eigenvalue weighted by Gasteiger charge is -2.09. The van der Waals surface area contributed by atoms with Crippen LogP contribution in [0.5, 0.6) is 0 Å². The molecule has 1 unspecified atom stereocenters. The van der Waals surface area contributed by atoms with Crippen molar-refractivity contribution < 1.29 is 5.11 Å². The third-order valence-electron chi connectivity index (χ3n) is 3.12. The fourth-order valence-corrected chi connectivity index (χ4v) is 2.04. The number of aliphatic hydroxyl groups excluding tert-OH is 1. The van der Waals surface area contributed by atoms with Crippen LogP contribution in [-0.2, 0) is 19.9 Å². The predicted molar refractivity (Wildman–Crippen MR) is 72.4 cm³/mol. The summed E-state index contributed by atoms with van der Waals surface area (Å²) < 4.78 is 1.77. The third-order valence-corrected chi connectivity index (χ3v) is 3.12. The van der Waals surface area contributed by atoms with Crippen LogP contribution in [-0.4, -0.2) is 21.0 Å². The normalized spacial score (nSPS) is 12.6. The first-order valence-corrected chi connectivity index (χ1v) is 6.34. The van der Waals surface area contributed by atoms with Crippen LogP contribution in [0, 0.1) is 6.92 Å². The van der Waals surface area contributed by atoms with Gasteiger partial charge in [-0.2, -0.15) is 5.10 Å². The summed E-state index contributed by atoms with van der Waals surface area (Å²) in [5.74, 6) is 0. The van der Waals surface area contributed by atoms with E-state index in [1.807, 2.05) is 19.4 Å². The van der Waals surface area contributed by atoms with Gasteiger partial charge in [0, 0.05) is 19.7 Å². The zero-order chi connectivity index (χ0) is 13.0. The summed E-state index contributed by atoms with van der Waals surface area (Å²) in [6, 6.07) is 8.49. The molecule has 2 rings (SSSR count). The van der Waals surface area contributed by atoms with Gasteiger partial charge in [0.1, 0.15) is 0 Å². The maximum absolute atomic E-state index is 9.99. The van der Waals surface area contributed by atoms with Crippen LogP contribution >= 0.6 is 0 Å². The van der Waals surface area contributed by atoms with Crippen LogP contribution in [0.1, 0.15) is 23.1 Å². The van der Waals surface area contributed by atoms with Crippen molar-refractivity contribution in [1.82, 2.24) is 9.78 Å². The van der Waals surface area contributed by atoms with E-state index < -0.39 is 0 Å². The van der Waals surface area contributed by atoms with Crippen molar-refractivity contribution in [3.8, 4) is 0 Å². The summed E-state index contributed by atoms with van der Waals surface area (Å²) in [5, 5.41) is 14.1. The molecule has 1 N–H and O–H groups in total. The van der Waals surface area contributed by atoms with E-state index >= 15 is 0 Å². The number of rotatable bonds is 5. The Hall–Kier alpha value is -1.61. The van der Waals surface area contributed by atoms with Crippen LogP contribution < -0.4 is 0 Å². The molecule has 1 atom stereocenters. The van der Waals surface area contributed by atoms with Crippen molar-refractivity contribution in [2.75, 3.05) is 0 Å². The zero-order valence-electron chi connectivity index (χ0n) is 11.0. The van der Waals surface area contributed by atoms with Gasteiger partial charge in [0.05, 0.1) is 12.3 Å². The molecule has 0 aliphatic carbocycles. The first-order chi connectivity index (χ1) is 8.63. The zero-order valence-corrected chi connectivity index (χ0v) is 11.0. The van der Waals surface area contributed by atoms with E-state index in [0.717, 1.165) is 18.4 Å². The number of aliphatic hydroxyl groups is 1. The van der Waals surface area contributed by atoms with E-state index in [1.54, 1.807) is 4.68 Å². The molecule has 0 saturated heterocycles. The summed E-state index contributed by atoms with van der Waals surface area (Å²) in [4.78, 5) is 0. The molecular formula is C15H20N2O. The summed E-state index contributed by atoms with van der Waals surface area (Å²) in [6.07, 6.45) is 5.86. The Morgan fingerprint density at radius 1 is 1.22 bits per heavy atom. The minimum absolute atomic E-state index is 0.296. The maximum Gasteiger partial charge on any atom is 0.0584 e. The Balaban J connectivity index is 1.81. The van der Waals surface area contributed by atoms with Crippen LogP contribution in [0.3, 0.4) is 0 Å². The van der Waals surface area contributed by atoms with E-state index in [0.29, 0.717) is 6.42 Å². The van der Waals surface area contributed by atoms with E-state index in [4.69, 9.17) is 0 Å². The van der Waals surface area contributed by atoms with E-state index in [1.165, 1.54) is 11.1 Å². The molecule has 18 heavy (non-hydrogen) atoms. The number of benzene rings is 1. The quantitative estimate of drug-likeness (QED) is 0.876. The summed E-state index contributed by atoms with van der Waals surface area (Å²) in [5.41, 5.74) is 3.65. The van der Waals surface area contributed by atoms with Gasteiger partial charge < -0.3 is 5.11 Å². The lowest BCUT2D eigenvalue weighted by Crippen LogP contribution is -2.11. The van der Waals surface area contributed by atoms with Crippen LogP contribution in [0.2, 0.25) is 0 Å². The lowest BCUT2D eigenvalue weighted by atomic mass is 10.0. The third kappa shape index (κ3) is 3.70. The molecular weight excluding hydrogens is 224 g/mol. The minimum atomic E-state index is -0.296. The molecule has 0 spiro atoms. The molecule has 3 heteroatoms. The lowest BCUT2D eigenvalue weighted by molar-refractivity contribution is 0.165. The fraction of sp³-hybridized carbons (Fsp3) is 0.400. The topological polar surface area (TPSA) is 38.1 Å². The SMILES string of the molecule is Cc1ccc(CCC(O)Cc2cnn(C)c2)cc1. The second-order valence-corrected chi connectivity index (χ2v) is 4.90. The Morgan fingerprint density at radius 2 is 1.94 bits per heavy atom. The molecule has 0 fully saturated rings. The highest BCUT2D eigenvalue weighted by Gasteiger charge is 2.07. The smallest absolute Gasteiger partial charge is 0.0584 e. The highest BCUT2D eigenvalue weighted by atomic mass is 16.3. The molecule has 1 aromatic carbocycles. The summed E-state index contributed by atoms with van der Waals surface area (Å²) in [6.45, 7) is 2.08. The van der Waals surface area contributed by atoms with E-state index in [-0.39, 0.29) is 6.10 Å². The van der Waals surface area contributed by atoms with Crippen molar-refractivity contribution in [2.24, 2.45) is 7.05 Å². The number of aromatic nitrogens is 2. The largest absolute Gasteiger partial charge is 0.393 e. The molecule has 2 aromatic rings. The van der Waals surface area contributed by atoms with Gasteiger partial charge in [-0.1, -0.05) is 29.8 Å². The summed E-state index contributed by atoms with van der Waals surface area (Å²) >= 11 is 0. The van der Waals surface area contributed by atoms with Crippen molar-refractivity contribution in [2.45, 2.75) is 32.3 Å². The minimum Gasteiger partial charge on any atom is -0.393 e.